The van der Waals surface area contributed by atoms with Gasteiger partial charge in [0.05, 0.1) is 0 Å². The molecule has 118 valence electrons. The van der Waals surface area contributed by atoms with Gasteiger partial charge in [0.1, 0.15) is 0 Å². The van der Waals surface area contributed by atoms with Crippen LogP contribution in [0.15, 0.2) is 96.7 Å². The van der Waals surface area contributed by atoms with Crippen molar-refractivity contribution in [1.29, 1.82) is 0 Å². The first-order valence-electron chi connectivity index (χ1n) is 7.93. The lowest BCUT2D eigenvalue weighted by molar-refractivity contribution is 0.900. The smallest absolute Gasteiger partial charge is 0.0336 e. The molecular formula is C22H30. The second-order valence-corrected chi connectivity index (χ2v) is 4.83. The van der Waals surface area contributed by atoms with Gasteiger partial charge in [0, 0.05) is 5.92 Å². The molecule has 0 heterocycles. The minimum atomic E-state index is 0.163. The molecule has 0 aromatic heterocycles. The summed E-state index contributed by atoms with van der Waals surface area (Å²) in [7, 11) is 0. The van der Waals surface area contributed by atoms with Gasteiger partial charge in [0.15, 0.2) is 0 Å². The minimum Gasteiger partial charge on any atom is -0.0991 e. The molecule has 0 aromatic rings. The third-order valence-electron chi connectivity index (χ3n) is 3.27. The zero-order chi connectivity index (χ0) is 16.8. The number of hydrogen-bond donors (Lipinski definition) is 0. The van der Waals surface area contributed by atoms with Gasteiger partial charge in [-0.2, -0.15) is 0 Å². The van der Waals surface area contributed by atoms with Crippen molar-refractivity contribution in [3.05, 3.63) is 96.7 Å². The van der Waals surface area contributed by atoms with Gasteiger partial charge in [-0.3, -0.25) is 0 Å². The second-order valence-electron chi connectivity index (χ2n) is 4.83. The van der Waals surface area contributed by atoms with Crippen LogP contribution < -0.4 is 0 Å². The summed E-state index contributed by atoms with van der Waals surface area (Å²) in [5.74, 6) is 0.163. The fourth-order valence-corrected chi connectivity index (χ4v) is 2.26. The van der Waals surface area contributed by atoms with Gasteiger partial charge in [0.25, 0.3) is 0 Å². The molecule has 0 bridgehead atoms. The topological polar surface area (TPSA) is 0 Å². The van der Waals surface area contributed by atoms with Crippen LogP contribution in [0.4, 0.5) is 0 Å². The van der Waals surface area contributed by atoms with Gasteiger partial charge in [-0.15, -0.1) is 0 Å². The molecule has 0 nitrogen and oxygen atoms in total. The predicted molar refractivity (Wildman–Crippen MR) is 103 cm³/mol. The van der Waals surface area contributed by atoms with Crippen molar-refractivity contribution in [2.75, 3.05) is 0 Å². The zero-order valence-corrected chi connectivity index (χ0v) is 14.5. The Balaban J connectivity index is 6.15. The molecule has 0 aliphatic carbocycles. The summed E-state index contributed by atoms with van der Waals surface area (Å²) in [5.41, 5.74) is 3.66. The van der Waals surface area contributed by atoms with Crippen molar-refractivity contribution in [2.24, 2.45) is 5.92 Å². The van der Waals surface area contributed by atoms with Gasteiger partial charge < -0.3 is 0 Å². The van der Waals surface area contributed by atoms with Gasteiger partial charge in [-0.05, 0) is 43.9 Å². The van der Waals surface area contributed by atoms with E-state index >= 15 is 0 Å². The van der Waals surface area contributed by atoms with E-state index in [1.807, 2.05) is 32.1 Å². The molecule has 0 saturated heterocycles. The molecule has 0 rings (SSSR count). The van der Waals surface area contributed by atoms with Crippen molar-refractivity contribution in [1.82, 2.24) is 0 Å². The van der Waals surface area contributed by atoms with Crippen molar-refractivity contribution >= 4 is 0 Å². The normalized spacial score (nSPS) is 15.9. The number of hydrogen-bond acceptors (Lipinski definition) is 0. The lowest BCUT2D eigenvalue weighted by Crippen LogP contribution is -2.08. The summed E-state index contributed by atoms with van der Waals surface area (Å²) in [5, 5.41) is 0. The molecule has 22 heavy (non-hydrogen) atoms. The number of allylic oxidation sites excluding steroid dienone is 14. The van der Waals surface area contributed by atoms with E-state index < -0.39 is 0 Å². The summed E-state index contributed by atoms with van der Waals surface area (Å²) in [4.78, 5) is 0. The molecule has 1 unspecified atom stereocenters. The maximum absolute atomic E-state index is 4.00. The Labute approximate surface area is 137 Å². The second kappa shape index (κ2) is 12.6. The molecule has 0 saturated carbocycles. The Morgan fingerprint density at radius 3 is 2.09 bits per heavy atom. The van der Waals surface area contributed by atoms with Gasteiger partial charge >= 0.3 is 0 Å². The van der Waals surface area contributed by atoms with Crippen LogP contribution in [0.2, 0.25) is 0 Å². The Hall–Kier alpha value is -2.08. The van der Waals surface area contributed by atoms with Crippen molar-refractivity contribution in [3.63, 3.8) is 0 Å². The van der Waals surface area contributed by atoms with E-state index in [1.165, 1.54) is 16.7 Å². The van der Waals surface area contributed by atoms with E-state index in [1.54, 1.807) is 0 Å². The Bertz CT molecular complexity index is 516. The summed E-state index contributed by atoms with van der Waals surface area (Å²) >= 11 is 0. The number of rotatable bonds is 9. The van der Waals surface area contributed by atoms with E-state index in [0.717, 1.165) is 6.42 Å². The van der Waals surface area contributed by atoms with Crippen LogP contribution in [0.5, 0.6) is 0 Å². The molecule has 0 amide bonds. The molecule has 0 spiro atoms. The average molecular weight is 294 g/mol. The Morgan fingerprint density at radius 2 is 1.64 bits per heavy atom. The molecule has 0 aliphatic heterocycles. The van der Waals surface area contributed by atoms with E-state index in [2.05, 4.69) is 75.6 Å². The summed E-state index contributed by atoms with van der Waals surface area (Å²) in [6.07, 6.45) is 23.9. The van der Waals surface area contributed by atoms with Crippen LogP contribution in [0.3, 0.4) is 0 Å². The summed E-state index contributed by atoms with van der Waals surface area (Å²) < 4.78 is 0. The molecule has 0 aliphatic rings. The minimum absolute atomic E-state index is 0.163. The van der Waals surface area contributed by atoms with Crippen LogP contribution in [-0.2, 0) is 0 Å². The third-order valence-corrected chi connectivity index (χ3v) is 3.27. The maximum Gasteiger partial charge on any atom is 0.0336 e. The van der Waals surface area contributed by atoms with E-state index in [0.29, 0.717) is 0 Å². The van der Waals surface area contributed by atoms with Gasteiger partial charge in [-0.25, -0.2) is 0 Å². The zero-order valence-electron chi connectivity index (χ0n) is 14.5. The van der Waals surface area contributed by atoms with E-state index in [9.17, 15) is 0 Å². The Morgan fingerprint density at radius 1 is 0.909 bits per heavy atom. The SMILES string of the molecule is C=C/C=C(\C=C/C)C(/C(C=C)=C/C=C\C)C(/C=C\CC)=C/C. The molecule has 0 fully saturated rings. The third kappa shape index (κ3) is 6.58. The predicted octanol–water partition coefficient (Wildman–Crippen LogP) is 6.89. The standard InChI is InChI=1S/C22H30/c1-7-13-17-19(11-5)22(20(12-6)18-14-8-2)21(15-9-3)16-10-4/h7,9-18,22H,3,5,8H2,1-2,4,6H3/b13-7-,16-10-,18-14-,19-17+,20-12+,21-15+. The van der Waals surface area contributed by atoms with Crippen LogP contribution >= 0.6 is 0 Å². The van der Waals surface area contributed by atoms with Crippen molar-refractivity contribution in [2.45, 2.75) is 34.1 Å². The van der Waals surface area contributed by atoms with Crippen LogP contribution in [0.25, 0.3) is 0 Å². The average Bonchev–Trinajstić information content (AvgIpc) is 2.53. The molecule has 0 radical (unpaired) electrons. The molecule has 0 aromatic carbocycles. The fraction of sp³-hybridized carbons (Fsp3) is 0.273. The fourth-order valence-electron chi connectivity index (χ4n) is 2.26. The lowest BCUT2D eigenvalue weighted by atomic mass is 9.82. The largest absolute Gasteiger partial charge is 0.0991 e. The molecule has 1 atom stereocenters. The van der Waals surface area contributed by atoms with Crippen LogP contribution in [-0.4, -0.2) is 0 Å². The van der Waals surface area contributed by atoms with Crippen LogP contribution in [0, 0.1) is 5.92 Å². The first-order valence-corrected chi connectivity index (χ1v) is 7.93. The van der Waals surface area contributed by atoms with Gasteiger partial charge in [-0.1, -0.05) is 86.9 Å². The highest BCUT2D eigenvalue weighted by Gasteiger charge is 2.17. The van der Waals surface area contributed by atoms with Crippen LogP contribution in [0.1, 0.15) is 34.1 Å². The highest BCUT2D eigenvalue weighted by molar-refractivity contribution is 5.47. The van der Waals surface area contributed by atoms with Gasteiger partial charge in [0.2, 0.25) is 0 Å². The Kier molecular flexibility index (Phi) is 11.4. The monoisotopic (exact) mass is 294 g/mol. The van der Waals surface area contributed by atoms with E-state index in [4.69, 9.17) is 0 Å². The summed E-state index contributed by atoms with van der Waals surface area (Å²) in [6.45, 7) is 16.1. The van der Waals surface area contributed by atoms with E-state index in [-0.39, 0.29) is 5.92 Å². The highest BCUT2D eigenvalue weighted by atomic mass is 14.2. The molecular weight excluding hydrogens is 264 g/mol. The molecule has 0 N–H and O–H groups in total. The highest BCUT2D eigenvalue weighted by Crippen LogP contribution is 2.31. The van der Waals surface area contributed by atoms with Crippen molar-refractivity contribution in [3.8, 4) is 0 Å². The maximum atomic E-state index is 4.00. The quantitative estimate of drug-likeness (QED) is 0.406. The molecule has 0 heteroatoms. The first-order chi connectivity index (χ1) is 10.7. The first kappa shape index (κ1) is 19.9. The summed E-state index contributed by atoms with van der Waals surface area (Å²) in [6, 6.07) is 0. The van der Waals surface area contributed by atoms with Crippen molar-refractivity contribution < 1.29 is 0 Å². The lowest BCUT2D eigenvalue weighted by Gasteiger charge is -2.21.